The van der Waals surface area contributed by atoms with Crippen molar-refractivity contribution in [2.24, 2.45) is 11.8 Å². The Morgan fingerprint density at radius 3 is 2.50 bits per heavy atom. The van der Waals surface area contributed by atoms with Gasteiger partial charge in [0.25, 0.3) is 0 Å². The molecule has 1 aromatic rings. The molecule has 110 valence electrons. The first-order valence-electron chi connectivity index (χ1n) is 7.34. The van der Waals surface area contributed by atoms with Crippen LogP contribution in [0.15, 0.2) is 24.3 Å². The van der Waals surface area contributed by atoms with Crippen molar-refractivity contribution in [1.82, 2.24) is 10.6 Å². The molecule has 1 saturated heterocycles. The van der Waals surface area contributed by atoms with Gasteiger partial charge in [-0.3, -0.25) is 0 Å². The highest BCUT2D eigenvalue weighted by Crippen LogP contribution is 2.22. The molecule has 0 amide bonds. The molecule has 0 aromatic heterocycles. The number of hydrogen-bond donors (Lipinski definition) is 3. The van der Waals surface area contributed by atoms with Crippen LogP contribution in [0.2, 0.25) is 0 Å². The molecule has 2 rings (SSSR count). The minimum Gasteiger partial charge on any atom is -0.478 e. The van der Waals surface area contributed by atoms with E-state index in [1.165, 1.54) is 5.56 Å². The first-order valence-corrected chi connectivity index (χ1v) is 7.34. The molecule has 0 spiro atoms. The lowest BCUT2D eigenvalue weighted by molar-refractivity contribution is 0.0697. The normalized spacial score (nSPS) is 20.9. The molecule has 1 aromatic carbocycles. The van der Waals surface area contributed by atoms with Crippen molar-refractivity contribution >= 4 is 5.97 Å². The number of nitrogens with one attached hydrogen (secondary N) is 2. The fraction of sp³-hybridized carbons (Fsp3) is 0.562. The molecule has 2 unspecified atom stereocenters. The van der Waals surface area contributed by atoms with Crippen molar-refractivity contribution in [1.29, 1.82) is 0 Å². The lowest BCUT2D eigenvalue weighted by Crippen LogP contribution is -2.53. The molecular formula is C16H24N2O2. The molecular weight excluding hydrogens is 252 g/mol. The maximum absolute atomic E-state index is 10.9. The van der Waals surface area contributed by atoms with E-state index in [-0.39, 0.29) is 0 Å². The average Bonchev–Trinajstić information content (AvgIpc) is 2.46. The molecule has 1 aliphatic heterocycles. The second-order valence-electron chi connectivity index (χ2n) is 5.88. The second kappa shape index (κ2) is 6.86. The minimum atomic E-state index is -0.866. The van der Waals surface area contributed by atoms with Gasteiger partial charge in [-0.25, -0.2) is 4.79 Å². The molecule has 1 aliphatic rings. The van der Waals surface area contributed by atoms with Gasteiger partial charge in [-0.05, 0) is 36.0 Å². The third-order valence-electron chi connectivity index (χ3n) is 4.12. The smallest absolute Gasteiger partial charge is 0.335 e. The Hall–Kier alpha value is -1.39. The highest BCUT2D eigenvalue weighted by Gasteiger charge is 2.25. The Morgan fingerprint density at radius 1 is 1.30 bits per heavy atom. The lowest BCUT2D eigenvalue weighted by atomic mass is 9.82. The molecule has 1 fully saturated rings. The van der Waals surface area contributed by atoms with E-state index in [2.05, 4.69) is 24.5 Å². The first kappa shape index (κ1) is 15.0. The SMILES string of the molecule is CC(C)C(Cc1ccc(C(=O)O)cc1)C1CNCCN1. The van der Waals surface area contributed by atoms with Crippen LogP contribution in [0.5, 0.6) is 0 Å². The van der Waals surface area contributed by atoms with Gasteiger partial charge in [0.05, 0.1) is 5.56 Å². The lowest BCUT2D eigenvalue weighted by Gasteiger charge is -2.34. The number of carbonyl (C=O) groups is 1. The van der Waals surface area contributed by atoms with Gasteiger partial charge >= 0.3 is 5.97 Å². The predicted molar refractivity (Wildman–Crippen MR) is 80.1 cm³/mol. The molecule has 4 heteroatoms. The van der Waals surface area contributed by atoms with E-state index in [4.69, 9.17) is 5.11 Å². The highest BCUT2D eigenvalue weighted by atomic mass is 16.4. The van der Waals surface area contributed by atoms with E-state index >= 15 is 0 Å². The number of piperazine rings is 1. The van der Waals surface area contributed by atoms with Gasteiger partial charge < -0.3 is 15.7 Å². The van der Waals surface area contributed by atoms with Crippen LogP contribution in [0.3, 0.4) is 0 Å². The van der Waals surface area contributed by atoms with Crippen molar-refractivity contribution in [3.05, 3.63) is 35.4 Å². The fourth-order valence-corrected chi connectivity index (χ4v) is 2.88. The monoisotopic (exact) mass is 276 g/mol. The quantitative estimate of drug-likeness (QED) is 0.767. The van der Waals surface area contributed by atoms with Crippen LogP contribution in [0.25, 0.3) is 0 Å². The Morgan fingerprint density at radius 2 is 2.00 bits per heavy atom. The van der Waals surface area contributed by atoms with Crippen molar-refractivity contribution in [2.75, 3.05) is 19.6 Å². The van der Waals surface area contributed by atoms with Crippen LogP contribution >= 0.6 is 0 Å². The molecule has 1 heterocycles. The largest absolute Gasteiger partial charge is 0.478 e. The summed E-state index contributed by atoms with van der Waals surface area (Å²) >= 11 is 0. The molecule has 0 aliphatic carbocycles. The number of hydrogen-bond acceptors (Lipinski definition) is 3. The molecule has 0 radical (unpaired) electrons. The maximum Gasteiger partial charge on any atom is 0.335 e. The van der Waals surface area contributed by atoms with Gasteiger partial charge in [0.2, 0.25) is 0 Å². The van der Waals surface area contributed by atoms with E-state index in [0.29, 0.717) is 23.4 Å². The Balaban J connectivity index is 2.05. The van der Waals surface area contributed by atoms with Crippen molar-refractivity contribution in [3.63, 3.8) is 0 Å². The third-order valence-corrected chi connectivity index (χ3v) is 4.12. The standard InChI is InChI=1S/C16H24N2O2/c1-11(2)14(15-10-17-7-8-18-15)9-12-3-5-13(6-4-12)16(19)20/h3-6,11,14-15,17-18H,7-10H2,1-2H3,(H,19,20). The van der Waals surface area contributed by atoms with Crippen molar-refractivity contribution < 1.29 is 9.90 Å². The van der Waals surface area contributed by atoms with E-state index in [9.17, 15) is 4.79 Å². The van der Waals surface area contributed by atoms with Crippen LogP contribution in [0.1, 0.15) is 29.8 Å². The summed E-state index contributed by atoms with van der Waals surface area (Å²) in [6.07, 6.45) is 0.983. The van der Waals surface area contributed by atoms with Gasteiger partial charge in [-0.2, -0.15) is 0 Å². The number of aromatic carboxylic acids is 1. The third kappa shape index (κ3) is 3.81. The van der Waals surface area contributed by atoms with Gasteiger partial charge in [-0.1, -0.05) is 26.0 Å². The van der Waals surface area contributed by atoms with Crippen molar-refractivity contribution in [3.8, 4) is 0 Å². The zero-order valence-electron chi connectivity index (χ0n) is 12.2. The van der Waals surface area contributed by atoms with Gasteiger partial charge in [0.15, 0.2) is 0 Å². The Bertz CT molecular complexity index is 436. The predicted octanol–water partition coefficient (Wildman–Crippen LogP) is 1.76. The summed E-state index contributed by atoms with van der Waals surface area (Å²) in [5, 5.41) is 16.0. The van der Waals surface area contributed by atoms with E-state index in [0.717, 1.165) is 26.1 Å². The second-order valence-corrected chi connectivity index (χ2v) is 5.88. The van der Waals surface area contributed by atoms with E-state index in [1.807, 2.05) is 12.1 Å². The Kier molecular flexibility index (Phi) is 5.15. The molecule has 0 saturated carbocycles. The molecule has 4 nitrogen and oxygen atoms in total. The summed E-state index contributed by atoms with van der Waals surface area (Å²) in [6, 6.07) is 7.76. The number of benzene rings is 1. The summed E-state index contributed by atoms with van der Waals surface area (Å²) in [6.45, 7) is 7.58. The zero-order valence-corrected chi connectivity index (χ0v) is 12.2. The summed E-state index contributed by atoms with van der Waals surface area (Å²) < 4.78 is 0. The molecule has 20 heavy (non-hydrogen) atoms. The van der Waals surface area contributed by atoms with Crippen LogP contribution in [0, 0.1) is 11.8 Å². The molecule has 2 atom stereocenters. The highest BCUT2D eigenvalue weighted by molar-refractivity contribution is 5.87. The summed E-state index contributed by atoms with van der Waals surface area (Å²) in [5.41, 5.74) is 1.56. The van der Waals surface area contributed by atoms with Gasteiger partial charge in [-0.15, -0.1) is 0 Å². The van der Waals surface area contributed by atoms with Crippen LogP contribution < -0.4 is 10.6 Å². The van der Waals surface area contributed by atoms with Crippen LogP contribution in [0.4, 0.5) is 0 Å². The number of rotatable bonds is 5. The fourth-order valence-electron chi connectivity index (χ4n) is 2.88. The van der Waals surface area contributed by atoms with E-state index < -0.39 is 5.97 Å². The maximum atomic E-state index is 10.9. The molecule has 3 N–H and O–H groups in total. The Labute approximate surface area is 120 Å². The number of carboxylic acids is 1. The minimum absolute atomic E-state index is 0.354. The van der Waals surface area contributed by atoms with Crippen molar-refractivity contribution in [2.45, 2.75) is 26.3 Å². The molecule has 0 bridgehead atoms. The number of carboxylic acid groups (broad SMARTS) is 1. The topological polar surface area (TPSA) is 61.4 Å². The summed E-state index contributed by atoms with van der Waals surface area (Å²) in [5.74, 6) is 0.278. The van der Waals surface area contributed by atoms with Gasteiger partial charge in [0.1, 0.15) is 0 Å². The average molecular weight is 276 g/mol. The van der Waals surface area contributed by atoms with Crippen LogP contribution in [-0.4, -0.2) is 36.8 Å². The van der Waals surface area contributed by atoms with E-state index in [1.54, 1.807) is 12.1 Å². The first-order chi connectivity index (χ1) is 9.58. The summed E-state index contributed by atoms with van der Waals surface area (Å²) in [7, 11) is 0. The zero-order chi connectivity index (χ0) is 14.5. The summed E-state index contributed by atoms with van der Waals surface area (Å²) in [4.78, 5) is 10.9. The van der Waals surface area contributed by atoms with Crippen LogP contribution in [-0.2, 0) is 6.42 Å². The van der Waals surface area contributed by atoms with Gasteiger partial charge in [0, 0.05) is 25.7 Å².